The van der Waals surface area contributed by atoms with Crippen LogP contribution in [-0.2, 0) is 25.7 Å². The summed E-state index contributed by atoms with van der Waals surface area (Å²) in [4.78, 5) is 12.8. The first-order valence-electron chi connectivity index (χ1n) is 14.7. The Labute approximate surface area is 236 Å². The topological polar surface area (TPSA) is 61.8 Å². The number of aromatic amines is 2. The van der Waals surface area contributed by atoms with Crippen LogP contribution in [0.1, 0.15) is 86.1 Å². The highest BCUT2D eigenvalue weighted by Gasteiger charge is 2.21. The van der Waals surface area contributed by atoms with Crippen molar-refractivity contribution in [1.82, 2.24) is 19.7 Å². The maximum absolute atomic E-state index is 5.21. The van der Waals surface area contributed by atoms with Crippen molar-refractivity contribution in [3.8, 4) is 5.69 Å². The number of hydrogen-bond donors (Lipinski definition) is 2. The molecule has 0 atom stereocenters. The Hall–Kier alpha value is -4.12. The van der Waals surface area contributed by atoms with E-state index in [4.69, 9.17) is 10.1 Å². The summed E-state index contributed by atoms with van der Waals surface area (Å²) in [6.45, 7) is 13.4. The smallest absolute Gasteiger partial charge is 0.0694 e. The lowest BCUT2D eigenvalue weighted by molar-refractivity contribution is 0.836. The average molecular weight is 530 g/mol. The Morgan fingerprint density at radius 3 is 2.17 bits per heavy atom. The molecule has 8 bridgehead atoms. The standard InChI is InChI=1S/C35H39N5/c1-7-26-21(5)30-17-23-16-25(40(39-23)24-14-12-11-13-15-24)18-31-22(6)27(8-2)33(37-31)20-35-29(10-4)28(9-3)34(38-35)19-32(26)36-30/h11-16,18-20,36,38H,7-10,17H2,1-6H3/b31-18-,34-19-,35-20-. The minimum atomic E-state index is 0.747. The van der Waals surface area contributed by atoms with Crippen LogP contribution in [0.25, 0.3) is 23.9 Å². The van der Waals surface area contributed by atoms with Gasteiger partial charge in [0.2, 0.25) is 0 Å². The maximum atomic E-state index is 5.21. The maximum Gasteiger partial charge on any atom is 0.0694 e. The number of fused-ring (bicyclic) bond motifs is 7. The molecule has 5 heteroatoms. The van der Waals surface area contributed by atoms with Crippen molar-refractivity contribution in [2.45, 2.75) is 73.6 Å². The van der Waals surface area contributed by atoms with Crippen molar-refractivity contribution < 1.29 is 0 Å². The van der Waals surface area contributed by atoms with Crippen molar-refractivity contribution in [1.29, 1.82) is 0 Å². The lowest BCUT2D eigenvalue weighted by Crippen LogP contribution is -2.15. The van der Waals surface area contributed by atoms with Crippen molar-refractivity contribution in [3.63, 3.8) is 0 Å². The van der Waals surface area contributed by atoms with E-state index in [1.165, 1.54) is 55.5 Å². The molecule has 0 fully saturated rings. The first-order valence-corrected chi connectivity index (χ1v) is 14.7. The Bertz CT molecular complexity index is 1820. The van der Waals surface area contributed by atoms with E-state index in [0.29, 0.717) is 0 Å². The van der Waals surface area contributed by atoms with Gasteiger partial charge in [0.05, 0.1) is 28.5 Å². The number of H-pyrrole nitrogens is 2. The van der Waals surface area contributed by atoms with Crippen molar-refractivity contribution in [2.24, 2.45) is 4.99 Å². The zero-order valence-corrected chi connectivity index (χ0v) is 24.6. The van der Waals surface area contributed by atoms with E-state index in [9.17, 15) is 0 Å². The minimum Gasteiger partial charge on any atom is -0.358 e. The molecule has 2 aliphatic heterocycles. The highest BCUT2D eigenvalue weighted by atomic mass is 15.3. The molecule has 3 aromatic heterocycles. The molecule has 40 heavy (non-hydrogen) atoms. The fourth-order valence-electron chi connectivity index (χ4n) is 6.50. The van der Waals surface area contributed by atoms with Gasteiger partial charge in [0.1, 0.15) is 0 Å². The highest BCUT2D eigenvalue weighted by Crippen LogP contribution is 2.31. The van der Waals surface area contributed by atoms with Crippen LogP contribution in [0.2, 0.25) is 0 Å². The minimum absolute atomic E-state index is 0.747. The molecule has 0 saturated heterocycles. The Morgan fingerprint density at radius 2 is 1.50 bits per heavy atom. The normalized spacial score (nSPS) is 17.6. The van der Waals surface area contributed by atoms with Gasteiger partial charge in [-0.15, -0.1) is 0 Å². The first kappa shape index (κ1) is 26.1. The molecule has 0 saturated carbocycles. The number of para-hydroxylation sites is 1. The van der Waals surface area contributed by atoms with E-state index < -0.39 is 0 Å². The molecule has 2 aliphatic rings. The fourth-order valence-corrected chi connectivity index (χ4v) is 6.50. The van der Waals surface area contributed by atoms with E-state index in [0.717, 1.165) is 60.6 Å². The molecule has 1 aromatic carbocycles. The predicted octanol–water partition coefficient (Wildman–Crippen LogP) is 6.26. The lowest BCUT2D eigenvalue weighted by atomic mass is 10.0. The summed E-state index contributed by atoms with van der Waals surface area (Å²) in [5, 5.41) is 7.48. The SMILES string of the molecule is CCC1=C(C)/C2=C/c3cc(nn3-c3ccccc3)Cc3[nH]c(c(CC)c3C)/C=c3\[nH]/c(c(CC)c3CC)=C\C1=N2. The molecular weight excluding hydrogens is 490 g/mol. The number of allylic oxidation sites excluding steroid dienone is 2. The van der Waals surface area contributed by atoms with Crippen LogP contribution in [-0.4, -0.2) is 25.5 Å². The molecule has 0 spiro atoms. The molecule has 4 aromatic rings. The fraction of sp³-hybridized carbons (Fsp3) is 0.314. The first-order chi connectivity index (χ1) is 19.4. The van der Waals surface area contributed by atoms with Crippen LogP contribution in [0.5, 0.6) is 0 Å². The van der Waals surface area contributed by atoms with E-state index in [-0.39, 0.29) is 0 Å². The van der Waals surface area contributed by atoms with Gasteiger partial charge in [-0.25, -0.2) is 9.67 Å². The Kier molecular flexibility index (Phi) is 6.83. The number of aliphatic imine (C=N–C) groups is 1. The molecule has 5 nitrogen and oxygen atoms in total. The van der Waals surface area contributed by atoms with Gasteiger partial charge in [0.25, 0.3) is 0 Å². The molecular formula is C35H39N5. The number of hydrogen-bond acceptors (Lipinski definition) is 2. The van der Waals surface area contributed by atoms with Crippen LogP contribution in [0.15, 0.2) is 58.2 Å². The van der Waals surface area contributed by atoms with E-state index in [1.54, 1.807) is 0 Å². The highest BCUT2D eigenvalue weighted by molar-refractivity contribution is 6.23. The number of benzene rings is 1. The van der Waals surface area contributed by atoms with Gasteiger partial charge in [0.15, 0.2) is 0 Å². The lowest BCUT2D eigenvalue weighted by Gasteiger charge is -2.05. The second-order valence-corrected chi connectivity index (χ2v) is 10.8. The molecule has 0 amide bonds. The van der Waals surface area contributed by atoms with E-state index in [1.807, 2.05) is 6.07 Å². The van der Waals surface area contributed by atoms with Gasteiger partial charge >= 0.3 is 0 Å². The molecule has 204 valence electrons. The summed E-state index contributed by atoms with van der Waals surface area (Å²) in [7, 11) is 0. The van der Waals surface area contributed by atoms with Crippen LogP contribution in [0, 0.1) is 6.92 Å². The largest absolute Gasteiger partial charge is 0.358 e. The summed E-state index contributed by atoms with van der Waals surface area (Å²) < 4.78 is 2.06. The molecule has 6 rings (SSSR count). The van der Waals surface area contributed by atoms with Gasteiger partial charge in [0, 0.05) is 28.5 Å². The number of nitrogens with zero attached hydrogens (tertiary/aromatic N) is 3. The summed E-state index contributed by atoms with van der Waals surface area (Å²) >= 11 is 0. The quantitative estimate of drug-likeness (QED) is 0.315. The molecule has 0 radical (unpaired) electrons. The van der Waals surface area contributed by atoms with Gasteiger partial charge in [-0.1, -0.05) is 45.9 Å². The monoisotopic (exact) mass is 529 g/mol. The zero-order chi connectivity index (χ0) is 28.0. The van der Waals surface area contributed by atoms with Gasteiger partial charge < -0.3 is 9.97 Å². The summed E-state index contributed by atoms with van der Waals surface area (Å²) in [5.41, 5.74) is 15.7. The zero-order valence-electron chi connectivity index (χ0n) is 24.6. The van der Waals surface area contributed by atoms with Crippen molar-refractivity contribution in [2.75, 3.05) is 0 Å². The van der Waals surface area contributed by atoms with Crippen LogP contribution >= 0.6 is 0 Å². The van der Waals surface area contributed by atoms with Gasteiger partial charge in [-0.3, -0.25) is 0 Å². The van der Waals surface area contributed by atoms with Gasteiger partial charge in [-0.2, -0.15) is 5.10 Å². The van der Waals surface area contributed by atoms with Crippen molar-refractivity contribution >= 4 is 23.9 Å². The Morgan fingerprint density at radius 1 is 0.800 bits per heavy atom. The third-order valence-corrected chi connectivity index (χ3v) is 8.60. The molecule has 2 N–H and O–H groups in total. The third kappa shape index (κ3) is 4.34. The summed E-state index contributed by atoms with van der Waals surface area (Å²) in [5.74, 6) is 0. The van der Waals surface area contributed by atoms with Gasteiger partial charge in [-0.05, 0) is 109 Å². The van der Waals surface area contributed by atoms with Crippen LogP contribution < -0.4 is 10.7 Å². The number of aromatic nitrogens is 4. The second kappa shape index (κ2) is 10.5. The molecule has 0 unspecified atom stereocenters. The average Bonchev–Trinajstić information content (AvgIpc) is 3.67. The van der Waals surface area contributed by atoms with Crippen LogP contribution in [0.4, 0.5) is 0 Å². The molecule has 5 heterocycles. The number of nitrogens with one attached hydrogen (secondary N) is 2. The van der Waals surface area contributed by atoms with Crippen LogP contribution in [0.3, 0.4) is 0 Å². The number of rotatable bonds is 5. The summed E-state index contributed by atoms with van der Waals surface area (Å²) in [6, 6.07) is 12.6. The second-order valence-electron chi connectivity index (χ2n) is 10.8. The Balaban J connectivity index is 1.68. The summed E-state index contributed by atoms with van der Waals surface area (Å²) in [6.07, 6.45) is 11.4. The molecule has 0 aliphatic carbocycles. The predicted molar refractivity (Wildman–Crippen MR) is 167 cm³/mol. The third-order valence-electron chi connectivity index (χ3n) is 8.60. The van der Waals surface area contributed by atoms with Crippen molar-refractivity contribution in [3.05, 3.63) is 109 Å². The van der Waals surface area contributed by atoms with E-state index >= 15 is 0 Å². The van der Waals surface area contributed by atoms with E-state index in [2.05, 4.69) is 105 Å².